The Morgan fingerprint density at radius 1 is 1.30 bits per heavy atom. The van der Waals surface area contributed by atoms with Crippen LogP contribution in [0, 0.1) is 13.8 Å². The topological polar surface area (TPSA) is 59.5 Å². The van der Waals surface area contributed by atoms with E-state index >= 15 is 0 Å². The molecular weight excluding hydrogens is 252 g/mol. The second-order valence-corrected chi connectivity index (χ2v) is 5.28. The number of nitrogen functional groups attached to an aromatic ring is 1. The van der Waals surface area contributed by atoms with Crippen LogP contribution in [-0.2, 0) is 6.42 Å². The number of hydrogen-bond donors (Lipinski definition) is 1. The lowest BCUT2D eigenvalue weighted by Crippen LogP contribution is -2.35. The van der Waals surface area contributed by atoms with Crippen molar-refractivity contribution in [3.63, 3.8) is 0 Å². The Morgan fingerprint density at radius 3 is 2.80 bits per heavy atom. The van der Waals surface area contributed by atoms with Crippen molar-refractivity contribution in [2.75, 3.05) is 17.2 Å². The zero-order chi connectivity index (χ0) is 14.3. The summed E-state index contributed by atoms with van der Waals surface area (Å²) in [5, 5.41) is 0. The Bertz CT molecular complexity index is 673. The first-order chi connectivity index (χ1) is 9.56. The molecule has 1 aromatic carbocycles. The van der Waals surface area contributed by atoms with E-state index in [2.05, 4.69) is 0 Å². The van der Waals surface area contributed by atoms with Crippen molar-refractivity contribution in [2.24, 2.45) is 0 Å². The van der Waals surface area contributed by atoms with Crippen molar-refractivity contribution in [1.82, 2.24) is 0 Å². The van der Waals surface area contributed by atoms with Gasteiger partial charge in [-0.2, -0.15) is 0 Å². The summed E-state index contributed by atoms with van der Waals surface area (Å²) in [5.41, 5.74) is 9.32. The molecule has 0 saturated heterocycles. The van der Waals surface area contributed by atoms with Crippen LogP contribution in [0.5, 0.6) is 0 Å². The minimum atomic E-state index is 0.00470. The van der Waals surface area contributed by atoms with Crippen LogP contribution in [0.4, 0.5) is 11.4 Å². The van der Waals surface area contributed by atoms with Gasteiger partial charge in [0, 0.05) is 17.9 Å². The molecule has 1 aliphatic heterocycles. The Morgan fingerprint density at radius 2 is 2.10 bits per heavy atom. The van der Waals surface area contributed by atoms with Gasteiger partial charge in [0.05, 0.1) is 5.56 Å². The molecule has 4 heteroatoms. The summed E-state index contributed by atoms with van der Waals surface area (Å²) in [6, 6.07) is 7.55. The van der Waals surface area contributed by atoms with Gasteiger partial charge in [0.1, 0.15) is 11.5 Å². The monoisotopic (exact) mass is 270 g/mol. The zero-order valence-electron chi connectivity index (χ0n) is 11.8. The average Bonchev–Trinajstić information content (AvgIpc) is 2.76. The van der Waals surface area contributed by atoms with Crippen LogP contribution in [0.3, 0.4) is 0 Å². The van der Waals surface area contributed by atoms with Crippen molar-refractivity contribution in [2.45, 2.75) is 26.7 Å². The molecule has 104 valence electrons. The maximum absolute atomic E-state index is 12.7. The maximum atomic E-state index is 12.7. The smallest absolute Gasteiger partial charge is 0.261 e. The second kappa shape index (κ2) is 4.71. The Labute approximate surface area is 118 Å². The molecule has 0 unspecified atom stereocenters. The quantitative estimate of drug-likeness (QED) is 0.810. The van der Waals surface area contributed by atoms with Crippen molar-refractivity contribution in [3.05, 3.63) is 46.9 Å². The number of amides is 1. The van der Waals surface area contributed by atoms with Gasteiger partial charge >= 0.3 is 0 Å². The summed E-state index contributed by atoms with van der Waals surface area (Å²) >= 11 is 0. The molecule has 2 heterocycles. The molecule has 20 heavy (non-hydrogen) atoms. The normalized spacial score (nSPS) is 14.2. The fourth-order valence-electron chi connectivity index (χ4n) is 2.82. The van der Waals surface area contributed by atoms with E-state index in [-0.39, 0.29) is 5.91 Å². The van der Waals surface area contributed by atoms with Gasteiger partial charge in [-0.1, -0.05) is 0 Å². The molecule has 0 atom stereocenters. The standard InChI is InChI=1S/C16H18N2O2/c1-10-8-14(11(2)20-10)16(19)18-7-3-4-12-9-13(17)5-6-15(12)18/h5-6,8-9H,3-4,7,17H2,1-2H3. The van der Waals surface area contributed by atoms with Gasteiger partial charge in [0.25, 0.3) is 5.91 Å². The Balaban J connectivity index is 2.00. The van der Waals surface area contributed by atoms with Crippen molar-refractivity contribution >= 4 is 17.3 Å². The van der Waals surface area contributed by atoms with Gasteiger partial charge in [-0.15, -0.1) is 0 Å². The van der Waals surface area contributed by atoms with Gasteiger partial charge in [-0.05, 0) is 56.5 Å². The molecule has 2 aromatic rings. The largest absolute Gasteiger partial charge is 0.466 e. The molecule has 0 spiro atoms. The average molecular weight is 270 g/mol. The lowest BCUT2D eigenvalue weighted by atomic mass is 10.00. The van der Waals surface area contributed by atoms with Crippen LogP contribution < -0.4 is 10.6 Å². The third-order valence-corrected chi connectivity index (χ3v) is 3.74. The van der Waals surface area contributed by atoms with Crippen LogP contribution in [-0.4, -0.2) is 12.5 Å². The summed E-state index contributed by atoms with van der Waals surface area (Å²) in [6.45, 7) is 4.42. The number of fused-ring (bicyclic) bond motifs is 1. The number of nitrogens with two attached hydrogens (primary N) is 1. The lowest BCUT2D eigenvalue weighted by molar-refractivity contribution is 0.0983. The minimum Gasteiger partial charge on any atom is -0.466 e. The molecule has 0 saturated carbocycles. The van der Waals surface area contributed by atoms with Crippen LogP contribution in [0.1, 0.15) is 33.9 Å². The molecule has 0 radical (unpaired) electrons. The van der Waals surface area contributed by atoms with E-state index in [9.17, 15) is 4.79 Å². The van der Waals surface area contributed by atoms with E-state index in [0.717, 1.165) is 42.1 Å². The Hall–Kier alpha value is -2.23. The third kappa shape index (κ3) is 2.07. The van der Waals surface area contributed by atoms with Gasteiger partial charge in [-0.25, -0.2) is 0 Å². The number of furan rings is 1. The number of anilines is 2. The Kier molecular flexibility index (Phi) is 3.01. The molecule has 0 aliphatic carbocycles. The maximum Gasteiger partial charge on any atom is 0.261 e. The van der Waals surface area contributed by atoms with Crippen LogP contribution in [0.15, 0.2) is 28.7 Å². The van der Waals surface area contributed by atoms with Crippen LogP contribution in [0.25, 0.3) is 0 Å². The summed E-state index contributed by atoms with van der Waals surface area (Å²) in [5.74, 6) is 1.44. The summed E-state index contributed by atoms with van der Waals surface area (Å²) in [6.07, 6.45) is 1.92. The van der Waals surface area contributed by atoms with E-state index in [0.29, 0.717) is 11.3 Å². The fraction of sp³-hybridized carbons (Fsp3) is 0.312. The molecule has 1 aliphatic rings. The zero-order valence-corrected chi connectivity index (χ0v) is 11.8. The number of carbonyl (C=O) groups excluding carboxylic acids is 1. The van der Waals surface area contributed by atoms with Crippen LogP contribution >= 0.6 is 0 Å². The molecule has 0 bridgehead atoms. The summed E-state index contributed by atoms with van der Waals surface area (Å²) in [4.78, 5) is 14.5. The molecule has 4 nitrogen and oxygen atoms in total. The molecule has 2 N–H and O–H groups in total. The molecule has 1 amide bonds. The molecule has 1 aromatic heterocycles. The molecular formula is C16H18N2O2. The minimum absolute atomic E-state index is 0.00470. The van der Waals surface area contributed by atoms with Crippen molar-refractivity contribution in [1.29, 1.82) is 0 Å². The van der Waals surface area contributed by atoms with E-state index < -0.39 is 0 Å². The highest BCUT2D eigenvalue weighted by Crippen LogP contribution is 2.30. The molecule has 3 rings (SSSR count). The number of benzene rings is 1. The predicted molar refractivity (Wildman–Crippen MR) is 79.0 cm³/mol. The fourth-order valence-corrected chi connectivity index (χ4v) is 2.82. The summed E-state index contributed by atoms with van der Waals surface area (Å²) in [7, 11) is 0. The van der Waals surface area contributed by atoms with Crippen LogP contribution in [0.2, 0.25) is 0 Å². The van der Waals surface area contributed by atoms with Gasteiger partial charge in [0.2, 0.25) is 0 Å². The second-order valence-electron chi connectivity index (χ2n) is 5.28. The van der Waals surface area contributed by atoms with E-state index in [1.165, 1.54) is 0 Å². The van der Waals surface area contributed by atoms with Crippen molar-refractivity contribution in [3.8, 4) is 0 Å². The number of carbonyl (C=O) groups is 1. The first kappa shape index (κ1) is 12.8. The van der Waals surface area contributed by atoms with Gasteiger partial charge in [0.15, 0.2) is 0 Å². The van der Waals surface area contributed by atoms with Gasteiger partial charge < -0.3 is 15.1 Å². The number of aryl methyl sites for hydroxylation is 3. The molecule has 0 fully saturated rings. The van der Waals surface area contributed by atoms with Crippen molar-refractivity contribution < 1.29 is 9.21 Å². The SMILES string of the molecule is Cc1cc(C(=O)N2CCCc3cc(N)ccc32)c(C)o1. The highest BCUT2D eigenvalue weighted by atomic mass is 16.3. The highest BCUT2D eigenvalue weighted by Gasteiger charge is 2.26. The van der Waals surface area contributed by atoms with E-state index in [1.54, 1.807) is 0 Å². The third-order valence-electron chi connectivity index (χ3n) is 3.74. The number of hydrogen-bond acceptors (Lipinski definition) is 3. The lowest BCUT2D eigenvalue weighted by Gasteiger charge is -2.29. The predicted octanol–water partition coefficient (Wildman–Crippen LogP) is 3.07. The number of nitrogens with zero attached hydrogens (tertiary/aromatic N) is 1. The van der Waals surface area contributed by atoms with E-state index in [4.69, 9.17) is 10.2 Å². The van der Waals surface area contributed by atoms with Gasteiger partial charge in [-0.3, -0.25) is 4.79 Å². The first-order valence-corrected chi connectivity index (χ1v) is 6.83. The first-order valence-electron chi connectivity index (χ1n) is 6.83. The summed E-state index contributed by atoms with van der Waals surface area (Å²) < 4.78 is 5.47. The van der Waals surface area contributed by atoms with E-state index in [1.807, 2.05) is 43.0 Å². The highest BCUT2D eigenvalue weighted by molar-refractivity contribution is 6.07. The number of rotatable bonds is 1.